The van der Waals surface area contributed by atoms with E-state index in [4.69, 9.17) is 0 Å². The van der Waals surface area contributed by atoms with E-state index >= 15 is 0 Å². The van der Waals surface area contributed by atoms with E-state index in [9.17, 15) is 21.7 Å². The minimum Gasteiger partial charge on any atom is -0.344 e. The van der Waals surface area contributed by atoms with Gasteiger partial charge in [-0.3, -0.25) is 0 Å². The van der Waals surface area contributed by atoms with Crippen LogP contribution < -0.4 is 6.15 Å². The van der Waals surface area contributed by atoms with Gasteiger partial charge in [-0.25, -0.2) is 0 Å². The van der Waals surface area contributed by atoms with Crippen molar-refractivity contribution in [1.82, 2.24) is 6.15 Å². The smallest absolute Gasteiger partial charge is 0.344 e. The van der Waals surface area contributed by atoms with Crippen molar-refractivity contribution in [2.75, 3.05) is 0 Å². The minimum atomic E-state index is -5.34. The van der Waals surface area contributed by atoms with Gasteiger partial charge in [0.05, 0.1) is 0 Å². The molecule has 0 aromatic rings. The van der Waals surface area contributed by atoms with Crippen LogP contribution in [0.25, 0.3) is 0 Å². The number of hydrogen-bond acceptors (Lipinski definition) is 4. The van der Waals surface area contributed by atoms with Gasteiger partial charge in [-0.2, -0.15) is 17.2 Å². The van der Waals surface area contributed by atoms with Gasteiger partial charge in [0.25, 0.3) is 0 Å². The third kappa shape index (κ3) is 2.50. The first-order valence-electron chi connectivity index (χ1n) is 1.74. The van der Waals surface area contributed by atoms with Crippen molar-refractivity contribution in [2.45, 2.75) is 12.2 Å². The van der Waals surface area contributed by atoms with Crippen molar-refractivity contribution in [2.24, 2.45) is 0 Å². The molecular weight excluding hydrogens is 175 g/mol. The molecule has 0 bridgehead atoms. The second-order valence-electron chi connectivity index (χ2n) is 1.32. The van der Waals surface area contributed by atoms with E-state index in [1.54, 1.807) is 0 Å². The molecule has 10 heavy (non-hydrogen) atoms. The van der Waals surface area contributed by atoms with Crippen molar-refractivity contribution in [3.8, 4) is 0 Å². The molecule has 4 nitrogen and oxygen atoms in total. The van der Waals surface area contributed by atoms with Gasteiger partial charge in [0.2, 0.25) is 0 Å². The monoisotopic (exact) mass is 181 g/mol. The molecule has 0 saturated heterocycles. The zero-order chi connectivity index (χ0) is 7.71. The summed E-state index contributed by atoms with van der Waals surface area (Å²) < 4.78 is 55.2. The molecular formula is C2H6F3NO3S. The van der Waals surface area contributed by atoms with Crippen LogP contribution in [-0.4, -0.2) is 13.7 Å². The average molecular weight is 181 g/mol. The first-order valence-corrected chi connectivity index (χ1v) is 3.14. The molecule has 8 heteroatoms. The predicted molar refractivity (Wildman–Crippen MR) is 26.8 cm³/mol. The van der Waals surface area contributed by atoms with Gasteiger partial charge in [0.15, 0.2) is 0 Å². The Hall–Kier alpha value is -0.340. The molecule has 0 rings (SSSR count). The highest BCUT2D eigenvalue weighted by Crippen LogP contribution is 2.21. The molecule has 0 aliphatic heterocycles. The number of halogens is 3. The Morgan fingerprint density at radius 3 is 1.70 bits per heavy atom. The Bertz CT molecular complexity index is 182. The van der Waals surface area contributed by atoms with Gasteiger partial charge in [0.1, 0.15) is 0 Å². The fraction of sp³-hybridized carbons (Fsp3) is 1.00. The van der Waals surface area contributed by atoms with Crippen LogP contribution in [0.1, 0.15) is 6.92 Å². The Morgan fingerprint density at radius 2 is 1.70 bits per heavy atom. The maximum atomic E-state index is 11.5. The van der Waals surface area contributed by atoms with Crippen molar-refractivity contribution in [1.29, 1.82) is 0 Å². The number of hydrogen-bond donors (Lipinski definition) is 1. The number of alkyl halides is 2. The third-order valence-corrected chi connectivity index (χ3v) is 1.57. The molecule has 0 heterocycles. The van der Waals surface area contributed by atoms with Crippen LogP contribution in [-0.2, 0) is 14.5 Å². The molecule has 0 aliphatic carbocycles. The first kappa shape index (κ1) is 12.3. The molecule has 0 spiro atoms. The lowest BCUT2D eigenvalue weighted by atomic mass is 10.9. The molecule has 0 aliphatic rings. The zero-order valence-electron chi connectivity index (χ0n) is 4.97. The van der Waals surface area contributed by atoms with E-state index in [-0.39, 0.29) is 13.1 Å². The van der Waals surface area contributed by atoms with Gasteiger partial charge < -0.3 is 6.15 Å². The second-order valence-corrected chi connectivity index (χ2v) is 3.08. The summed E-state index contributed by atoms with van der Waals surface area (Å²) in [5.41, 5.74) is 0. The SMILES string of the molecule is CC(F)(F)S(=O)(=O)OF.N. The maximum absolute atomic E-state index is 11.5. The fourth-order valence-corrected chi connectivity index (χ4v) is 0.166. The molecule has 0 atom stereocenters. The summed E-state index contributed by atoms with van der Waals surface area (Å²) in [7, 11) is -5.34. The largest absolute Gasteiger partial charge is 0.370 e. The molecule has 0 unspecified atom stereocenters. The molecule has 0 aromatic heterocycles. The Balaban J connectivity index is 0. The lowest BCUT2D eigenvalue weighted by Gasteiger charge is -2.04. The van der Waals surface area contributed by atoms with Crippen LogP contribution in [0.2, 0.25) is 0 Å². The maximum Gasteiger partial charge on any atom is 0.370 e. The van der Waals surface area contributed by atoms with Gasteiger partial charge in [-0.1, -0.05) is 4.39 Å². The van der Waals surface area contributed by atoms with E-state index in [0.29, 0.717) is 0 Å². The van der Waals surface area contributed by atoms with Crippen molar-refractivity contribution >= 4 is 10.1 Å². The summed E-state index contributed by atoms with van der Waals surface area (Å²) in [5.74, 6) is 0. The van der Waals surface area contributed by atoms with Crippen LogP contribution in [0.3, 0.4) is 0 Å². The minimum absolute atomic E-state index is 0. The van der Waals surface area contributed by atoms with Crippen molar-refractivity contribution in [3.05, 3.63) is 0 Å². The lowest BCUT2D eigenvalue weighted by Crippen LogP contribution is -2.24. The molecule has 3 N–H and O–H groups in total. The molecule has 0 fully saturated rings. The summed E-state index contributed by atoms with van der Waals surface area (Å²) in [5, 5.41) is -4.18. The molecule has 0 aromatic carbocycles. The van der Waals surface area contributed by atoms with Gasteiger partial charge in [0, 0.05) is 6.92 Å². The van der Waals surface area contributed by atoms with E-state index in [0.717, 1.165) is 0 Å². The Kier molecular flexibility index (Phi) is 3.91. The zero-order valence-corrected chi connectivity index (χ0v) is 5.79. The van der Waals surface area contributed by atoms with Crippen LogP contribution in [0, 0.1) is 0 Å². The molecule has 0 radical (unpaired) electrons. The number of rotatable bonds is 2. The highest BCUT2D eigenvalue weighted by atomic mass is 32.2. The van der Waals surface area contributed by atoms with Crippen LogP contribution >= 0.6 is 0 Å². The average Bonchev–Trinajstić information content (AvgIpc) is 1.64. The van der Waals surface area contributed by atoms with Crippen molar-refractivity contribution < 1.29 is 26.1 Å². The van der Waals surface area contributed by atoms with E-state index < -0.39 is 15.4 Å². The molecule has 0 saturated carbocycles. The topological polar surface area (TPSA) is 78.4 Å². The Morgan fingerprint density at radius 1 is 1.40 bits per heavy atom. The third-order valence-electron chi connectivity index (χ3n) is 0.522. The highest BCUT2D eigenvalue weighted by Gasteiger charge is 2.41. The highest BCUT2D eigenvalue weighted by molar-refractivity contribution is 7.87. The van der Waals surface area contributed by atoms with E-state index in [2.05, 4.69) is 0 Å². The fourth-order valence-electron chi connectivity index (χ4n) is 0.0553. The second kappa shape index (κ2) is 3.17. The Labute approximate surface area is 55.6 Å². The van der Waals surface area contributed by atoms with Gasteiger partial charge >= 0.3 is 15.4 Å². The summed E-state index contributed by atoms with van der Waals surface area (Å²) >= 11 is 0. The molecule has 64 valence electrons. The van der Waals surface area contributed by atoms with Crippen molar-refractivity contribution in [3.63, 3.8) is 0 Å². The predicted octanol–water partition coefficient (Wildman–Crippen LogP) is 0.992. The summed E-state index contributed by atoms with van der Waals surface area (Å²) in [4.78, 5) is 0. The summed E-state index contributed by atoms with van der Waals surface area (Å²) in [6, 6.07) is 0. The van der Waals surface area contributed by atoms with E-state index in [1.807, 2.05) is 4.39 Å². The first-order chi connectivity index (χ1) is 3.81. The summed E-state index contributed by atoms with van der Waals surface area (Å²) in [6.45, 7) is 0.0158. The van der Waals surface area contributed by atoms with Crippen LogP contribution in [0.15, 0.2) is 0 Å². The molecule has 0 amide bonds. The normalized spacial score (nSPS) is 12.4. The van der Waals surface area contributed by atoms with Gasteiger partial charge in [-0.15, -0.1) is 0 Å². The quantitative estimate of drug-likeness (QED) is 0.688. The van der Waals surface area contributed by atoms with Gasteiger partial charge in [-0.05, 0) is 4.53 Å². The van der Waals surface area contributed by atoms with E-state index in [1.165, 1.54) is 0 Å². The standard InChI is InChI=1S/C2H3F3O3S.H3N/c1-2(3,4)9(6,7)8-5;/h1H3;1H3. The lowest BCUT2D eigenvalue weighted by molar-refractivity contribution is -0.0231. The van der Waals surface area contributed by atoms with Crippen LogP contribution in [0.4, 0.5) is 13.3 Å². The van der Waals surface area contributed by atoms with Crippen LogP contribution in [0.5, 0.6) is 0 Å². The summed E-state index contributed by atoms with van der Waals surface area (Å²) in [6.07, 6.45) is 0.